The van der Waals surface area contributed by atoms with Gasteiger partial charge in [0.15, 0.2) is 0 Å². The quantitative estimate of drug-likeness (QED) is 0.268. The lowest BCUT2D eigenvalue weighted by molar-refractivity contribution is 0.306. The Balaban J connectivity index is 1.43. The zero-order valence-electron chi connectivity index (χ0n) is 16.3. The van der Waals surface area contributed by atoms with Gasteiger partial charge in [-0.2, -0.15) is 5.10 Å². The van der Waals surface area contributed by atoms with Crippen molar-refractivity contribution in [1.29, 1.82) is 0 Å². The average Bonchev–Trinajstić information content (AvgIpc) is 3.11. The minimum Gasteiger partial charge on any atom is -0.489 e. The van der Waals surface area contributed by atoms with Crippen molar-refractivity contribution < 1.29 is 4.74 Å². The van der Waals surface area contributed by atoms with E-state index in [2.05, 4.69) is 33.1 Å². The first-order chi connectivity index (χ1) is 14.6. The van der Waals surface area contributed by atoms with Crippen LogP contribution in [-0.4, -0.2) is 15.8 Å². The lowest BCUT2D eigenvalue weighted by Crippen LogP contribution is -2.02. The Kier molecular flexibility index (Phi) is 6.21. The van der Waals surface area contributed by atoms with Crippen molar-refractivity contribution in [2.24, 2.45) is 5.10 Å². The zero-order valence-corrected chi connectivity index (χ0v) is 17.9. The van der Waals surface area contributed by atoms with E-state index in [4.69, 9.17) is 27.9 Å². The minimum atomic E-state index is 0.357. The number of hydrazone groups is 1. The summed E-state index contributed by atoms with van der Waals surface area (Å²) in [5, 5.41) is 5.54. The highest BCUT2D eigenvalue weighted by molar-refractivity contribution is 6.35. The third kappa shape index (κ3) is 4.58. The van der Waals surface area contributed by atoms with E-state index in [-0.39, 0.29) is 0 Å². The zero-order chi connectivity index (χ0) is 20.9. The number of aromatic nitrogens is 2. The summed E-state index contributed by atoms with van der Waals surface area (Å²) in [6, 6.07) is 21.1. The predicted octanol–water partition coefficient (Wildman–Crippen LogP) is 6.39. The van der Waals surface area contributed by atoms with Crippen molar-refractivity contribution in [3.63, 3.8) is 0 Å². The van der Waals surface area contributed by atoms with Crippen molar-refractivity contribution in [2.45, 2.75) is 20.1 Å². The number of nitrogens with one attached hydrogen (secondary N) is 1. The monoisotopic (exact) mass is 438 g/mol. The Morgan fingerprint density at radius 2 is 1.93 bits per heavy atom. The molecule has 0 saturated heterocycles. The van der Waals surface area contributed by atoms with Crippen molar-refractivity contribution in [1.82, 2.24) is 9.55 Å². The number of benzene rings is 3. The molecule has 5 nitrogen and oxygen atoms in total. The van der Waals surface area contributed by atoms with Crippen molar-refractivity contribution in [3.05, 3.63) is 87.9 Å². The van der Waals surface area contributed by atoms with Crippen LogP contribution in [-0.2, 0) is 13.2 Å². The van der Waals surface area contributed by atoms with E-state index in [1.54, 1.807) is 18.3 Å². The molecule has 0 atom stereocenters. The van der Waals surface area contributed by atoms with Gasteiger partial charge in [-0.15, -0.1) is 0 Å². The van der Waals surface area contributed by atoms with Gasteiger partial charge in [-0.3, -0.25) is 0 Å². The number of imidazole rings is 1. The number of rotatable bonds is 7. The molecule has 3 aromatic carbocycles. The number of para-hydroxylation sites is 2. The average molecular weight is 439 g/mol. The number of nitrogens with zero attached hydrogens (tertiary/aromatic N) is 3. The molecular weight excluding hydrogens is 419 g/mol. The van der Waals surface area contributed by atoms with Crippen LogP contribution in [0.2, 0.25) is 10.0 Å². The van der Waals surface area contributed by atoms with Gasteiger partial charge in [-0.05, 0) is 48.9 Å². The summed E-state index contributed by atoms with van der Waals surface area (Å²) in [6.07, 6.45) is 1.74. The van der Waals surface area contributed by atoms with Crippen LogP contribution in [0.25, 0.3) is 11.0 Å². The molecule has 0 aliphatic carbocycles. The standard InChI is InChI=1S/C23H20Cl2N4O/c1-2-29-22-9-4-3-8-21(22)27-23(29)28-26-14-16-6-5-7-19(12-16)30-15-17-10-11-18(24)13-20(17)25/h3-14H,2,15H2,1H3,(H,27,28)/b26-14-. The summed E-state index contributed by atoms with van der Waals surface area (Å²) >= 11 is 12.1. The highest BCUT2D eigenvalue weighted by Gasteiger charge is 2.07. The smallest absolute Gasteiger partial charge is 0.224 e. The summed E-state index contributed by atoms with van der Waals surface area (Å²) in [6.45, 7) is 3.24. The number of hydrogen-bond acceptors (Lipinski definition) is 4. The first-order valence-corrected chi connectivity index (χ1v) is 10.3. The molecule has 1 aromatic heterocycles. The van der Waals surface area contributed by atoms with Crippen molar-refractivity contribution in [2.75, 3.05) is 5.43 Å². The fraction of sp³-hybridized carbons (Fsp3) is 0.130. The van der Waals surface area contributed by atoms with Crippen molar-refractivity contribution >= 4 is 46.4 Å². The highest BCUT2D eigenvalue weighted by Crippen LogP contribution is 2.23. The molecule has 0 fully saturated rings. The minimum absolute atomic E-state index is 0.357. The number of hydrogen-bond donors (Lipinski definition) is 1. The van der Waals surface area contributed by atoms with Gasteiger partial charge < -0.3 is 9.30 Å². The fourth-order valence-corrected chi connectivity index (χ4v) is 3.59. The second-order valence-electron chi connectivity index (χ2n) is 6.64. The van der Waals surface area contributed by atoms with Crippen LogP contribution >= 0.6 is 23.2 Å². The molecule has 152 valence electrons. The molecule has 0 aliphatic heterocycles. The predicted molar refractivity (Wildman–Crippen MR) is 124 cm³/mol. The van der Waals surface area contributed by atoms with Gasteiger partial charge >= 0.3 is 0 Å². The van der Waals surface area contributed by atoms with Crippen LogP contribution in [0.5, 0.6) is 5.75 Å². The summed E-state index contributed by atoms with van der Waals surface area (Å²) in [7, 11) is 0. The first kappa shape index (κ1) is 20.3. The second-order valence-corrected chi connectivity index (χ2v) is 7.48. The van der Waals surface area contributed by atoms with E-state index in [1.165, 1.54) is 0 Å². The SMILES string of the molecule is CCn1c(N/N=C\c2cccc(OCc3ccc(Cl)cc3Cl)c2)nc2ccccc21. The fourth-order valence-electron chi connectivity index (χ4n) is 3.13. The van der Waals surface area contributed by atoms with E-state index in [1.807, 2.05) is 48.5 Å². The van der Waals surface area contributed by atoms with Crippen LogP contribution < -0.4 is 10.2 Å². The van der Waals surface area contributed by atoms with Crippen LogP contribution in [0.4, 0.5) is 5.95 Å². The lowest BCUT2D eigenvalue weighted by Gasteiger charge is -2.08. The van der Waals surface area contributed by atoms with Crippen LogP contribution in [0, 0.1) is 0 Å². The summed E-state index contributed by atoms with van der Waals surface area (Å²) in [5.41, 5.74) is 6.84. The maximum atomic E-state index is 6.21. The third-order valence-electron chi connectivity index (χ3n) is 4.62. The molecule has 1 N–H and O–H groups in total. The number of anilines is 1. The van der Waals surface area contributed by atoms with Crippen LogP contribution in [0.15, 0.2) is 71.8 Å². The molecule has 30 heavy (non-hydrogen) atoms. The van der Waals surface area contributed by atoms with Gasteiger partial charge in [0.05, 0.1) is 17.2 Å². The van der Waals surface area contributed by atoms with Gasteiger partial charge in [0.25, 0.3) is 0 Å². The second kappa shape index (κ2) is 9.20. The maximum absolute atomic E-state index is 6.21. The molecule has 1 heterocycles. The molecule has 0 unspecified atom stereocenters. The molecule has 0 aliphatic rings. The van der Waals surface area contributed by atoms with Crippen LogP contribution in [0.3, 0.4) is 0 Å². The number of halogens is 2. The normalized spacial score (nSPS) is 11.3. The van der Waals surface area contributed by atoms with Gasteiger partial charge in [0, 0.05) is 22.2 Å². The molecule has 0 radical (unpaired) electrons. The Morgan fingerprint density at radius 1 is 1.07 bits per heavy atom. The Bertz CT molecular complexity index is 1200. The van der Waals surface area contributed by atoms with E-state index >= 15 is 0 Å². The van der Waals surface area contributed by atoms with E-state index in [0.29, 0.717) is 22.6 Å². The van der Waals surface area contributed by atoms with Crippen LogP contribution in [0.1, 0.15) is 18.1 Å². The summed E-state index contributed by atoms with van der Waals surface area (Å²) in [5.74, 6) is 1.44. The molecule has 0 amide bonds. The maximum Gasteiger partial charge on any atom is 0.224 e. The molecule has 7 heteroatoms. The third-order valence-corrected chi connectivity index (χ3v) is 5.20. The summed E-state index contributed by atoms with van der Waals surface area (Å²) in [4.78, 5) is 4.60. The Hall–Kier alpha value is -3.02. The lowest BCUT2D eigenvalue weighted by atomic mass is 10.2. The molecule has 4 rings (SSSR count). The number of fused-ring (bicyclic) bond motifs is 1. The Morgan fingerprint density at radius 3 is 2.77 bits per heavy atom. The van der Waals surface area contributed by atoms with E-state index in [9.17, 15) is 0 Å². The molecule has 4 aromatic rings. The van der Waals surface area contributed by atoms with Crippen molar-refractivity contribution in [3.8, 4) is 5.75 Å². The molecule has 0 spiro atoms. The topological polar surface area (TPSA) is 51.4 Å². The van der Waals surface area contributed by atoms with Gasteiger partial charge in [0.2, 0.25) is 5.95 Å². The first-order valence-electron chi connectivity index (χ1n) is 9.55. The molecular formula is C23H20Cl2N4O. The van der Waals surface area contributed by atoms with Gasteiger partial charge in [-0.1, -0.05) is 53.5 Å². The summed E-state index contributed by atoms with van der Waals surface area (Å²) < 4.78 is 7.95. The largest absolute Gasteiger partial charge is 0.489 e. The molecule has 0 saturated carbocycles. The number of ether oxygens (including phenoxy) is 1. The molecule has 0 bridgehead atoms. The van der Waals surface area contributed by atoms with E-state index in [0.717, 1.165) is 34.5 Å². The van der Waals surface area contributed by atoms with Gasteiger partial charge in [0.1, 0.15) is 12.4 Å². The highest BCUT2D eigenvalue weighted by atomic mass is 35.5. The van der Waals surface area contributed by atoms with E-state index < -0.39 is 0 Å². The Labute approximate surface area is 184 Å². The number of aryl methyl sites for hydroxylation is 1. The van der Waals surface area contributed by atoms with Gasteiger partial charge in [-0.25, -0.2) is 10.4 Å².